The number of nitrogens with zero attached hydrogens (tertiary/aromatic N) is 1. The number of para-hydroxylation sites is 1. The molecule has 1 aromatic rings. The summed E-state index contributed by atoms with van der Waals surface area (Å²) in [6, 6.07) is 10.3. The van der Waals surface area contributed by atoms with E-state index in [2.05, 4.69) is 22.3 Å². The molecule has 4 heteroatoms. The number of anilines is 1. The van der Waals surface area contributed by atoms with E-state index in [0.29, 0.717) is 0 Å². The standard InChI is InChI=1S/C13H18N2O2/c1-10-8-15(12-6-4-3-5-7-12)9-11(2)17-13(16)14-10/h3-7,10-11H,8-9H2,1-2H3,(H,14,16)/t10-,11+/m0/s1. The topological polar surface area (TPSA) is 41.6 Å². The van der Waals surface area contributed by atoms with E-state index in [4.69, 9.17) is 4.74 Å². The van der Waals surface area contributed by atoms with Gasteiger partial charge in [0.05, 0.1) is 6.54 Å². The molecule has 1 N–H and O–H groups in total. The molecule has 92 valence electrons. The summed E-state index contributed by atoms with van der Waals surface area (Å²) < 4.78 is 5.22. The van der Waals surface area contributed by atoms with Gasteiger partial charge < -0.3 is 15.0 Å². The van der Waals surface area contributed by atoms with E-state index >= 15 is 0 Å². The van der Waals surface area contributed by atoms with E-state index in [1.807, 2.05) is 32.0 Å². The molecule has 1 amide bonds. The molecule has 1 aromatic carbocycles. The minimum Gasteiger partial charge on any atom is -0.445 e. The molecule has 2 rings (SSSR count). The Bertz CT molecular complexity index is 364. The molecule has 0 unspecified atom stereocenters. The quantitative estimate of drug-likeness (QED) is 0.808. The molecule has 1 aliphatic rings. The normalized spacial score (nSPS) is 25.5. The van der Waals surface area contributed by atoms with Gasteiger partial charge in [-0.15, -0.1) is 0 Å². The number of nitrogens with one attached hydrogen (secondary N) is 1. The number of alkyl carbamates (subject to hydrolysis) is 1. The van der Waals surface area contributed by atoms with Gasteiger partial charge in [-0.2, -0.15) is 0 Å². The predicted molar refractivity (Wildman–Crippen MR) is 67.2 cm³/mol. The average molecular weight is 234 g/mol. The molecule has 1 aliphatic heterocycles. The summed E-state index contributed by atoms with van der Waals surface area (Å²) in [5.74, 6) is 0. The van der Waals surface area contributed by atoms with E-state index in [1.54, 1.807) is 0 Å². The monoisotopic (exact) mass is 234 g/mol. The van der Waals surface area contributed by atoms with Crippen molar-refractivity contribution in [3.05, 3.63) is 30.3 Å². The zero-order valence-electron chi connectivity index (χ0n) is 10.2. The summed E-state index contributed by atoms with van der Waals surface area (Å²) in [6.45, 7) is 5.41. The van der Waals surface area contributed by atoms with Gasteiger partial charge in [-0.1, -0.05) is 18.2 Å². The molecule has 2 atom stereocenters. The fourth-order valence-corrected chi connectivity index (χ4v) is 2.07. The van der Waals surface area contributed by atoms with Gasteiger partial charge in [0, 0.05) is 18.3 Å². The molecular weight excluding hydrogens is 216 g/mol. The molecule has 0 aliphatic carbocycles. The van der Waals surface area contributed by atoms with Crippen molar-refractivity contribution in [2.75, 3.05) is 18.0 Å². The Labute approximate surface area is 102 Å². The first-order chi connectivity index (χ1) is 8.15. The van der Waals surface area contributed by atoms with Crippen LogP contribution in [-0.4, -0.2) is 31.3 Å². The molecule has 0 spiro atoms. The van der Waals surface area contributed by atoms with Gasteiger partial charge in [-0.05, 0) is 26.0 Å². The highest BCUT2D eigenvalue weighted by atomic mass is 16.6. The number of benzene rings is 1. The third-order valence-electron chi connectivity index (χ3n) is 2.77. The number of ether oxygens (including phenoxy) is 1. The lowest BCUT2D eigenvalue weighted by Gasteiger charge is -2.33. The number of amides is 1. The van der Waals surface area contributed by atoms with Crippen molar-refractivity contribution < 1.29 is 9.53 Å². The van der Waals surface area contributed by atoms with Crippen LogP contribution in [0.1, 0.15) is 13.8 Å². The first-order valence-corrected chi connectivity index (χ1v) is 5.92. The van der Waals surface area contributed by atoms with Crippen LogP contribution in [0.25, 0.3) is 0 Å². The summed E-state index contributed by atoms with van der Waals surface area (Å²) in [5, 5.41) is 2.81. The number of rotatable bonds is 1. The Morgan fingerprint density at radius 2 is 1.94 bits per heavy atom. The highest BCUT2D eigenvalue weighted by molar-refractivity contribution is 5.68. The largest absolute Gasteiger partial charge is 0.445 e. The van der Waals surface area contributed by atoms with Crippen LogP contribution in [0.3, 0.4) is 0 Å². The molecule has 0 aromatic heterocycles. The number of carbonyl (C=O) groups is 1. The average Bonchev–Trinajstić information content (AvgIpc) is 2.27. The van der Waals surface area contributed by atoms with Crippen molar-refractivity contribution in [2.24, 2.45) is 0 Å². The third kappa shape index (κ3) is 3.12. The molecule has 0 radical (unpaired) electrons. The summed E-state index contributed by atoms with van der Waals surface area (Å²) in [5.41, 5.74) is 1.16. The van der Waals surface area contributed by atoms with Crippen molar-refractivity contribution in [3.8, 4) is 0 Å². The van der Waals surface area contributed by atoms with Crippen molar-refractivity contribution in [3.63, 3.8) is 0 Å². The van der Waals surface area contributed by atoms with E-state index in [0.717, 1.165) is 18.8 Å². The van der Waals surface area contributed by atoms with Crippen molar-refractivity contribution in [2.45, 2.75) is 26.0 Å². The Morgan fingerprint density at radius 1 is 1.24 bits per heavy atom. The van der Waals surface area contributed by atoms with E-state index in [-0.39, 0.29) is 18.2 Å². The van der Waals surface area contributed by atoms with Gasteiger partial charge in [-0.3, -0.25) is 0 Å². The molecule has 1 fully saturated rings. The van der Waals surface area contributed by atoms with Crippen molar-refractivity contribution in [1.29, 1.82) is 0 Å². The van der Waals surface area contributed by atoms with Crippen LogP contribution in [0.15, 0.2) is 30.3 Å². The molecule has 4 nitrogen and oxygen atoms in total. The fraction of sp³-hybridized carbons (Fsp3) is 0.462. The SMILES string of the molecule is C[C@@H]1CN(c2ccccc2)C[C@H](C)NC(=O)O1. The number of hydrogen-bond acceptors (Lipinski definition) is 3. The Kier molecular flexibility index (Phi) is 3.52. The summed E-state index contributed by atoms with van der Waals surface area (Å²) in [6.07, 6.45) is -0.430. The van der Waals surface area contributed by atoms with Crippen LogP contribution in [-0.2, 0) is 4.74 Å². The predicted octanol–water partition coefficient (Wildman–Crippen LogP) is 2.01. The van der Waals surface area contributed by atoms with Crippen LogP contribution >= 0.6 is 0 Å². The van der Waals surface area contributed by atoms with Gasteiger partial charge in [-0.25, -0.2) is 4.79 Å². The maximum atomic E-state index is 11.3. The van der Waals surface area contributed by atoms with Crippen LogP contribution < -0.4 is 10.2 Å². The number of hydrogen-bond donors (Lipinski definition) is 1. The lowest BCUT2D eigenvalue weighted by molar-refractivity contribution is 0.101. The number of cyclic esters (lactones) is 1. The van der Waals surface area contributed by atoms with Gasteiger partial charge in [0.15, 0.2) is 0 Å². The summed E-state index contributed by atoms with van der Waals surface area (Å²) in [4.78, 5) is 13.6. The van der Waals surface area contributed by atoms with Gasteiger partial charge in [0.25, 0.3) is 0 Å². The third-order valence-corrected chi connectivity index (χ3v) is 2.77. The molecule has 0 bridgehead atoms. The molecule has 0 saturated carbocycles. The van der Waals surface area contributed by atoms with E-state index in [9.17, 15) is 4.79 Å². The van der Waals surface area contributed by atoms with Crippen LogP contribution in [0.4, 0.5) is 10.5 Å². The molecular formula is C13H18N2O2. The lowest BCUT2D eigenvalue weighted by Crippen LogP contribution is -2.49. The Morgan fingerprint density at radius 3 is 2.65 bits per heavy atom. The highest BCUT2D eigenvalue weighted by Crippen LogP contribution is 2.16. The minimum atomic E-state index is -0.322. The van der Waals surface area contributed by atoms with Crippen molar-refractivity contribution >= 4 is 11.8 Å². The second kappa shape index (κ2) is 5.08. The minimum absolute atomic E-state index is 0.0789. The fourth-order valence-electron chi connectivity index (χ4n) is 2.07. The van der Waals surface area contributed by atoms with Gasteiger partial charge >= 0.3 is 6.09 Å². The zero-order valence-corrected chi connectivity index (χ0v) is 10.2. The zero-order chi connectivity index (χ0) is 12.3. The first kappa shape index (κ1) is 11.8. The van der Waals surface area contributed by atoms with E-state index in [1.165, 1.54) is 0 Å². The maximum absolute atomic E-state index is 11.3. The highest BCUT2D eigenvalue weighted by Gasteiger charge is 2.21. The van der Waals surface area contributed by atoms with Crippen LogP contribution in [0, 0.1) is 0 Å². The first-order valence-electron chi connectivity index (χ1n) is 5.92. The Hall–Kier alpha value is -1.71. The number of carbonyl (C=O) groups excluding carboxylic acids is 1. The smallest absolute Gasteiger partial charge is 0.407 e. The summed E-state index contributed by atoms with van der Waals surface area (Å²) in [7, 11) is 0. The van der Waals surface area contributed by atoms with Crippen LogP contribution in [0.2, 0.25) is 0 Å². The second-order valence-corrected chi connectivity index (χ2v) is 4.50. The second-order valence-electron chi connectivity index (χ2n) is 4.50. The lowest BCUT2D eigenvalue weighted by atomic mass is 10.2. The maximum Gasteiger partial charge on any atom is 0.407 e. The van der Waals surface area contributed by atoms with Gasteiger partial charge in [0.1, 0.15) is 6.10 Å². The summed E-state index contributed by atoms with van der Waals surface area (Å²) >= 11 is 0. The van der Waals surface area contributed by atoms with Crippen LogP contribution in [0.5, 0.6) is 0 Å². The van der Waals surface area contributed by atoms with Crippen molar-refractivity contribution in [1.82, 2.24) is 5.32 Å². The molecule has 17 heavy (non-hydrogen) atoms. The molecule has 1 saturated heterocycles. The molecule has 1 heterocycles. The Balaban J connectivity index is 2.13. The van der Waals surface area contributed by atoms with Gasteiger partial charge in [0.2, 0.25) is 0 Å². The van der Waals surface area contributed by atoms with E-state index < -0.39 is 0 Å².